The Kier molecular flexibility index (Phi) is 4.84. The summed E-state index contributed by atoms with van der Waals surface area (Å²) in [6, 6.07) is 5.20. The lowest BCUT2D eigenvalue weighted by Crippen LogP contribution is -2.50. The smallest absolute Gasteiger partial charge is 0.256 e. The second-order valence-corrected chi connectivity index (χ2v) is 5.13. The zero-order valence-corrected chi connectivity index (χ0v) is 12.2. The van der Waals surface area contributed by atoms with Crippen molar-refractivity contribution < 1.29 is 9.59 Å². The Hall–Kier alpha value is -1.75. The van der Waals surface area contributed by atoms with Crippen LogP contribution in [0.2, 0.25) is 5.02 Å². The molecule has 2 amide bonds. The molecule has 2 N–H and O–H groups in total. The number of rotatable bonds is 4. The molecule has 108 valence electrons. The number of hydrogen-bond acceptors (Lipinski definition) is 3. The molecule has 20 heavy (non-hydrogen) atoms. The van der Waals surface area contributed by atoms with Gasteiger partial charge in [0.05, 0.1) is 12.1 Å². The molecule has 0 atom stereocenters. The molecule has 2 rings (SSSR count). The zero-order valence-electron chi connectivity index (χ0n) is 11.4. The van der Waals surface area contributed by atoms with Crippen LogP contribution in [-0.2, 0) is 4.79 Å². The van der Waals surface area contributed by atoms with Crippen molar-refractivity contribution >= 4 is 29.1 Å². The van der Waals surface area contributed by atoms with E-state index in [2.05, 4.69) is 17.6 Å². The maximum absolute atomic E-state index is 12.5. The van der Waals surface area contributed by atoms with Crippen molar-refractivity contribution in [2.75, 3.05) is 31.5 Å². The van der Waals surface area contributed by atoms with E-state index in [1.54, 1.807) is 23.1 Å². The fourth-order valence-electron chi connectivity index (χ4n) is 2.09. The van der Waals surface area contributed by atoms with Gasteiger partial charge in [0.25, 0.3) is 5.91 Å². The molecular weight excluding hydrogens is 278 g/mol. The first kappa shape index (κ1) is 14.7. The molecule has 0 spiro atoms. The van der Waals surface area contributed by atoms with Gasteiger partial charge in [0.1, 0.15) is 0 Å². The quantitative estimate of drug-likeness (QED) is 0.889. The molecule has 1 aromatic rings. The van der Waals surface area contributed by atoms with Crippen molar-refractivity contribution in [2.24, 2.45) is 0 Å². The van der Waals surface area contributed by atoms with Crippen LogP contribution in [0.25, 0.3) is 0 Å². The summed E-state index contributed by atoms with van der Waals surface area (Å²) >= 11 is 5.98. The minimum Gasteiger partial charge on any atom is -0.384 e. The van der Waals surface area contributed by atoms with Crippen LogP contribution >= 0.6 is 11.6 Å². The molecule has 0 aliphatic carbocycles. The predicted octanol–water partition coefficient (Wildman–Crippen LogP) is 1.73. The lowest BCUT2D eigenvalue weighted by atomic mass is 10.1. The van der Waals surface area contributed by atoms with Crippen molar-refractivity contribution in [1.82, 2.24) is 10.2 Å². The van der Waals surface area contributed by atoms with Crippen molar-refractivity contribution in [1.29, 1.82) is 0 Å². The third-order valence-electron chi connectivity index (χ3n) is 3.10. The number of carbonyl (C=O) groups is 2. The number of amides is 2. The SMILES string of the molecule is CCCNc1ccc(Cl)cc1C(=O)N1CCNC(=O)C1. The van der Waals surface area contributed by atoms with Crippen LogP contribution in [0.3, 0.4) is 0 Å². The summed E-state index contributed by atoms with van der Waals surface area (Å²) in [5.41, 5.74) is 1.27. The van der Waals surface area contributed by atoms with Gasteiger partial charge in [-0.3, -0.25) is 9.59 Å². The van der Waals surface area contributed by atoms with E-state index in [0.29, 0.717) is 23.7 Å². The molecule has 6 heteroatoms. The van der Waals surface area contributed by atoms with Crippen molar-refractivity contribution in [3.63, 3.8) is 0 Å². The molecule has 1 fully saturated rings. The maximum atomic E-state index is 12.5. The van der Waals surface area contributed by atoms with E-state index < -0.39 is 0 Å². The van der Waals surface area contributed by atoms with E-state index in [0.717, 1.165) is 18.7 Å². The average Bonchev–Trinajstić information content (AvgIpc) is 2.45. The zero-order chi connectivity index (χ0) is 14.5. The highest BCUT2D eigenvalue weighted by molar-refractivity contribution is 6.31. The number of benzene rings is 1. The van der Waals surface area contributed by atoms with Gasteiger partial charge in [-0.15, -0.1) is 0 Å². The normalized spacial score (nSPS) is 14.9. The maximum Gasteiger partial charge on any atom is 0.256 e. The number of anilines is 1. The Balaban J connectivity index is 2.22. The molecule has 0 aromatic heterocycles. The van der Waals surface area contributed by atoms with Crippen molar-refractivity contribution in [3.05, 3.63) is 28.8 Å². The van der Waals surface area contributed by atoms with E-state index in [9.17, 15) is 9.59 Å². The first-order chi connectivity index (χ1) is 9.61. The summed E-state index contributed by atoms with van der Waals surface area (Å²) < 4.78 is 0. The fraction of sp³-hybridized carbons (Fsp3) is 0.429. The summed E-state index contributed by atoms with van der Waals surface area (Å²) in [6.45, 7) is 3.94. The molecular formula is C14H18ClN3O2. The van der Waals surface area contributed by atoms with Crippen LogP contribution in [0.15, 0.2) is 18.2 Å². The van der Waals surface area contributed by atoms with Crippen LogP contribution in [-0.4, -0.2) is 42.9 Å². The average molecular weight is 296 g/mol. The number of halogens is 1. The van der Waals surface area contributed by atoms with Gasteiger partial charge in [-0.1, -0.05) is 18.5 Å². The van der Waals surface area contributed by atoms with Crippen LogP contribution < -0.4 is 10.6 Å². The Morgan fingerprint density at radius 3 is 3.00 bits per heavy atom. The second-order valence-electron chi connectivity index (χ2n) is 4.69. The minimum absolute atomic E-state index is 0.0958. The Morgan fingerprint density at radius 2 is 2.30 bits per heavy atom. The van der Waals surface area contributed by atoms with Crippen molar-refractivity contribution in [3.8, 4) is 0 Å². The molecule has 0 unspecified atom stereocenters. The van der Waals surface area contributed by atoms with E-state index in [-0.39, 0.29) is 18.4 Å². The summed E-state index contributed by atoms with van der Waals surface area (Å²) in [7, 11) is 0. The van der Waals surface area contributed by atoms with Gasteiger partial charge >= 0.3 is 0 Å². The number of carbonyl (C=O) groups excluding carboxylic acids is 2. The van der Waals surface area contributed by atoms with E-state index in [4.69, 9.17) is 11.6 Å². The molecule has 5 nitrogen and oxygen atoms in total. The van der Waals surface area contributed by atoms with E-state index in [1.807, 2.05) is 0 Å². The Morgan fingerprint density at radius 1 is 1.50 bits per heavy atom. The van der Waals surface area contributed by atoms with Gasteiger partial charge in [0.2, 0.25) is 5.91 Å². The number of nitrogens with zero attached hydrogens (tertiary/aromatic N) is 1. The van der Waals surface area contributed by atoms with Crippen molar-refractivity contribution in [2.45, 2.75) is 13.3 Å². The van der Waals surface area contributed by atoms with Gasteiger partial charge in [-0.05, 0) is 24.6 Å². The van der Waals surface area contributed by atoms with Gasteiger partial charge < -0.3 is 15.5 Å². The van der Waals surface area contributed by atoms with Gasteiger partial charge in [0, 0.05) is 30.3 Å². The van der Waals surface area contributed by atoms with Gasteiger partial charge in [-0.2, -0.15) is 0 Å². The highest BCUT2D eigenvalue weighted by Gasteiger charge is 2.24. The summed E-state index contributed by atoms with van der Waals surface area (Å²) in [5, 5.41) is 6.43. The molecule has 1 aromatic carbocycles. The lowest BCUT2D eigenvalue weighted by Gasteiger charge is -2.27. The lowest BCUT2D eigenvalue weighted by molar-refractivity contribution is -0.123. The molecule has 1 saturated heterocycles. The van der Waals surface area contributed by atoms with E-state index >= 15 is 0 Å². The largest absolute Gasteiger partial charge is 0.384 e. The molecule has 0 bridgehead atoms. The third-order valence-corrected chi connectivity index (χ3v) is 3.34. The van der Waals surface area contributed by atoms with E-state index in [1.165, 1.54) is 0 Å². The number of piperazine rings is 1. The standard InChI is InChI=1S/C14H18ClN3O2/c1-2-5-16-12-4-3-10(15)8-11(12)14(20)18-7-6-17-13(19)9-18/h3-4,8,16H,2,5-7,9H2,1H3,(H,17,19). The van der Waals surface area contributed by atoms with Gasteiger partial charge in [-0.25, -0.2) is 0 Å². The third kappa shape index (κ3) is 3.42. The first-order valence-corrected chi connectivity index (χ1v) is 7.09. The summed E-state index contributed by atoms with van der Waals surface area (Å²) in [5.74, 6) is -0.296. The number of hydrogen-bond donors (Lipinski definition) is 2. The molecule has 1 heterocycles. The Bertz CT molecular complexity index is 519. The monoisotopic (exact) mass is 295 g/mol. The van der Waals surface area contributed by atoms with Gasteiger partial charge in [0.15, 0.2) is 0 Å². The minimum atomic E-state index is -0.166. The Labute approximate surface area is 123 Å². The molecule has 1 aliphatic rings. The highest BCUT2D eigenvalue weighted by Crippen LogP contribution is 2.22. The summed E-state index contributed by atoms with van der Waals surface area (Å²) in [4.78, 5) is 25.5. The van der Waals surface area contributed by atoms with Crippen LogP contribution in [0.4, 0.5) is 5.69 Å². The molecule has 0 radical (unpaired) electrons. The fourth-order valence-corrected chi connectivity index (χ4v) is 2.26. The number of nitrogens with one attached hydrogen (secondary N) is 2. The molecule has 0 saturated carbocycles. The topological polar surface area (TPSA) is 61.4 Å². The first-order valence-electron chi connectivity index (χ1n) is 6.71. The van der Waals surface area contributed by atoms with Crippen LogP contribution in [0, 0.1) is 0 Å². The predicted molar refractivity (Wildman–Crippen MR) is 79.1 cm³/mol. The van der Waals surface area contributed by atoms with Crippen LogP contribution in [0.5, 0.6) is 0 Å². The van der Waals surface area contributed by atoms with Crippen LogP contribution in [0.1, 0.15) is 23.7 Å². The summed E-state index contributed by atoms with van der Waals surface area (Å²) in [6.07, 6.45) is 0.961. The highest BCUT2D eigenvalue weighted by atomic mass is 35.5. The molecule has 1 aliphatic heterocycles. The second kappa shape index (κ2) is 6.61.